The van der Waals surface area contributed by atoms with Crippen LogP contribution in [-0.4, -0.2) is 35.5 Å². The summed E-state index contributed by atoms with van der Waals surface area (Å²) < 4.78 is 81.8. The third-order valence-electron chi connectivity index (χ3n) is 4.89. The monoisotopic (exact) mass is 485 g/mol. The first-order valence-corrected chi connectivity index (χ1v) is 9.90. The number of Topliss-reactive ketones (excluding diaryl/α,β-unsaturated/α-hetero) is 1. The van der Waals surface area contributed by atoms with Crippen molar-refractivity contribution in [2.24, 2.45) is 0 Å². The summed E-state index contributed by atoms with van der Waals surface area (Å²) in [6.45, 7) is 0. The van der Waals surface area contributed by atoms with Gasteiger partial charge < -0.3 is 19.7 Å². The van der Waals surface area contributed by atoms with E-state index in [1.165, 1.54) is 0 Å². The number of benzene rings is 1. The SMILES string of the molecule is COC(=O)C(O)(CC(=O)[O-])CC(=O)CCCCCCc1ccc(C(F)(F)F)cc1C(F)(F)F. The predicted octanol–water partition coefficient (Wildman–Crippen LogP) is 3.22. The van der Waals surface area contributed by atoms with Gasteiger partial charge in [-0.05, 0) is 37.0 Å². The highest BCUT2D eigenvalue weighted by Gasteiger charge is 2.39. The zero-order valence-corrected chi connectivity index (χ0v) is 17.6. The minimum absolute atomic E-state index is 0.0864. The number of carbonyl (C=O) groups excluding carboxylic acids is 3. The molecule has 186 valence electrons. The van der Waals surface area contributed by atoms with Gasteiger partial charge in [0.1, 0.15) is 5.78 Å². The van der Waals surface area contributed by atoms with Gasteiger partial charge in [0.2, 0.25) is 0 Å². The number of halogens is 6. The van der Waals surface area contributed by atoms with Crippen molar-refractivity contribution in [2.45, 2.75) is 69.3 Å². The third kappa shape index (κ3) is 9.03. The lowest BCUT2D eigenvalue weighted by Crippen LogP contribution is -2.46. The fraction of sp³-hybridized carbons (Fsp3) is 0.571. The van der Waals surface area contributed by atoms with Gasteiger partial charge in [-0.3, -0.25) is 4.79 Å². The molecule has 1 rings (SSSR count). The molecule has 12 heteroatoms. The molecule has 1 aromatic carbocycles. The summed E-state index contributed by atoms with van der Waals surface area (Å²) in [6.07, 6.45) is -10.8. The van der Waals surface area contributed by atoms with Gasteiger partial charge in [-0.15, -0.1) is 0 Å². The number of rotatable bonds is 12. The topological polar surface area (TPSA) is 104 Å². The maximum absolute atomic E-state index is 13.1. The van der Waals surface area contributed by atoms with Gasteiger partial charge in [-0.1, -0.05) is 18.9 Å². The Hall–Kier alpha value is -2.63. The normalized spacial score (nSPS) is 13.9. The summed E-state index contributed by atoms with van der Waals surface area (Å²) in [5.41, 5.74) is -5.55. The van der Waals surface area contributed by atoms with Gasteiger partial charge in [-0.25, -0.2) is 4.79 Å². The Labute approximate surface area is 185 Å². The fourth-order valence-electron chi connectivity index (χ4n) is 3.28. The smallest absolute Gasteiger partial charge is 0.416 e. The van der Waals surface area contributed by atoms with Crippen LogP contribution in [0.4, 0.5) is 26.3 Å². The molecule has 0 aliphatic heterocycles. The average molecular weight is 485 g/mol. The Morgan fingerprint density at radius 2 is 1.55 bits per heavy atom. The molecule has 1 N–H and O–H groups in total. The van der Waals surface area contributed by atoms with E-state index in [-0.39, 0.29) is 37.3 Å². The highest BCUT2D eigenvalue weighted by molar-refractivity contribution is 5.91. The Balaban J connectivity index is 2.57. The van der Waals surface area contributed by atoms with E-state index in [2.05, 4.69) is 4.74 Å². The van der Waals surface area contributed by atoms with Gasteiger partial charge in [-0.2, -0.15) is 26.3 Å². The third-order valence-corrected chi connectivity index (χ3v) is 4.89. The Morgan fingerprint density at radius 3 is 2.06 bits per heavy atom. The van der Waals surface area contributed by atoms with Crippen LogP contribution in [-0.2, 0) is 37.9 Å². The molecular formula is C21H23F6O6-. The van der Waals surface area contributed by atoms with Gasteiger partial charge in [0.15, 0.2) is 5.60 Å². The van der Waals surface area contributed by atoms with Crippen LogP contribution in [0.3, 0.4) is 0 Å². The molecular weight excluding hydrogens is 462 g/mol. The van der Waals surface area contributed by atoms with Crippen molar-refractivity contribution in [2.75, 3.05) is 7.11 Å². The van der Waals surface area contributed by atoms with Crippen molar-refractivity contribution in [1.29, 1.82) is 0 Å². The van der Waals surface area contributed by atoms with Crippen molar-refractivity contribution in [3.8, 4) is 0 Å². The molecule has 1 aromatic rings. The number of alkyl halides is 6. The summed E-state index contributed by atoms with van der Waals surface area (Å²) in [5, 5.41) is 20.8. The molecule has 0 aliphatic rings. The minimum Gasteiger partial charge on any atom is -0.550 e. The van der Waals surface area contributed by atoms with Gasteiger partial charge >= 0.3 is 18.3 Å². The molecule has 1 unspecified atom stereocenters. The van der Waals surface area contributed by atoms with E-state index in [0.29, 0.717) is 18.9 Å². The molecule has 0 aliphatic carbocycles. The Kier molecular flexibility index (Phi) is 9.88. The van der Waals surface area contributed by atoms with E-state index >= 15 is 0 Å². The van der Waals surface area contributed by atoms with E-state index in [0.717, 1.165) is 13.2 Å². The number of aliphatic hydroxyl groups is 1. The largest absolute Gasteiger partial charge is 0.550 e. The van der Waals surface area contributed by atoms with E-state index in [4.69, 9.17) is 0 Å². The standard InChI is InChI=1S/C21H24F6O6/c1-33-18(31)19(32,12-17(29)30)11-15(28)7-5-3-2-4-6-13-8-9-14(20(22,23)24)10-16(13)21(25,26)27/h8-10,32H,2-7,11-12H2,1H3,(H,29,30)/p-1. The highest BCUT2D eigenvalue weighted by atomic mass is 19.4. The molecule has 0 fully saturated rings. The summed E-state index contributed by atoms with van der Waals surface area (Å²) in [6, 6.07) is 1.49. The first-order chi connectivity index (χ1) is 15.1. The molecule has 33 heavy (non-hydrogen) atoms. The zero-order valence-electron chi connectivity index (χ0n) is 17.6. The van der Waals surface area contributed by atoms with Crippen LogP contribution in [0.15, 0.2) is 18.2 Å². The number of ether oxygens (including phenoxy) is 1. The first-order valence-electron chi connectivity index (χ1n) is 9.90. The number of esters is 1. The number of carboxylic acid groups (broad SMARTS) is 1. The number of hydrogen-bond donors (Lipinski definition) is 1. The zero-order chi connectivity index (χ0) is 25.4. The number of carbonyl (C=O) groups is 3. The second-order valence-electron chi connectivity index (χ2n) is 7.57. The summed E-state index contributed by atoms with van der Waals surface area (Å²) >= 11 is 0. The highest BCUT2D eigenvalue weighted by Crippen LogP contribution is 2.37. The lowest BCUT2D eigenvalue weighted by molar-refractivity contribution is -0.309. The summed E-state index contributed by atoms with van der Waals surface area (Å²) in [7, 11) is 0.911. The molecule has 0 saturated carbocycles. The molecule has 0 heterocycles. The maximum atomic E-state index is 13.1. The molecule has 0 spiro atoms. The number of methoxy groups -OCH3 is 1. The van der Waals surface area contributed by atoms with Crippen molar-refractivity contribution in [1.82, 2.24) is 0 Å². The molecule has 1 atom stereocenters. The molecule has 0 radical (unpaired) electrons. The number of aliphatic carboxylic acids is 1. The van der Waals surface area contributed by atoms with Crippen LogP contribution < -0.4 is 5.11 Å². The molecule has 6 nitrogen and oxygen atoms in total. The van der Waals surface area contributed by atoms with E-state index in [9.17, 15) is 50.9 Å². The lowest BCUT2D eigenvalue weighted by Gasteiger charge is -2.24. The van der Waals surface area contributed by atoms with Gasteiger partial charge in [0.25, 0.3) is 0 Å². The number of unbranched alkanes of at least 4 members (excludes halogenated alkanes) is 3. The Morgan fingerprint density at radius 1 is 0.939 bits per heavy atom. The van der Waals surface area contributed by atoms with Crippen molar-refractivity contribution >= 4 is 17.7 Å². The van der Waals surface area contributed by atoms with E-state index < -0.39 is 59.6 Å². The number of ketones is 1. The van der Waals surface area contributed by atoms with Crippen molar-refractivity contribution in [3.63, 3.8) is 0 Å². The maximum Gasteiger partial charge on any atom is 0.416 e. The number of hydrogen-bond acceptors (Lipinski definition) is 6. The van der Waals surface area contributed by atoms with Crippen LogP contribution >= 0.6 is 0 Å². The van der Waals surface area contributed by atoms with E-state index in [1.807, 2.05) is 0 Å². The van der Waals surface area contributed by atoms with Gasteiger partial charge in [0.05, 0.1) is 18.2 Å². The van der Waals surface area contributed by atoms with Crippen molar-refractivity contribution < 1.29 is 55.7 Å². The fourth-order valence-corrected chi connectivity index (χ4v) is 3.28. The summed E-state index contributed by atoms with van der Waals surface area (Å²) in [5.74, 6) is -3.67. The van der Waals surface area contributed by atoms with Crippen molar-refractivity contribution in [3.05, 3.63) is 34.9 Å². The predicted molar refractivity (Wildman–Crippen MR) is 99.4 cm³/mol. The number of carboxylic acids is 1. The minimum atomic E-state index is -4.94. The van der Waals surface area contributed by atoms with E-state index in [1.54, 1.807) is 0 Å². The second kappa shape index (κ2) is 11.5. The molecule has 0 saturated heterocycles. The van der Waals surface area contributed by atoms with Crippen LogP contribution in [0.1, 0.15) is 61.6 Å². The quantitative estimate of drug-likeness (QED) is 0.277. The number of aryl methyl sites for hydroxylation is 1. The molecule has 0 aromatic heterocycles. The van der Waals surface area contributed by atoms with Crippen LogP contribution in [0.25, 0.3) is 0 Å². The molecule has 0 amide bonds. The van der Waals surface area contributed by atoms with Gasteiger partial charge in [0, 0.05) is 25.2 Å². The van der Waals surface area contributed by atoms with Crippen LogP contribution in [0.5, 0.6) is 0 Å². The second-order valence-corrected chi connectivity index (χ2v) is 7.57. The average Bonchev–Trinajstić information content (AvgIpc) is 2.67. The molecule has 0 bridgehead atoms. The van der Waals surface area contributed by atoms with Crippen LogP contribution in [0, 0.1) is 0 Å². The Bertz CT molecular complexity index is 849. The summed E-state index contributed by atoms with van der Waals surface area (Å²) in [4.78, 5) is 34.3. The van der Waals surface area contributed by atoms with Crippen LogP contribution in [0.2, 0.25) is 0 Å². The first kappa shape index (κ1) is 28.4. The lowest BCUT2D eigenvalue weighted by atomic mass is 9.91.